The van der Waals surface area contributed by atoms with Gasteiger partial charge < -0.3 is 14.8 Å². The minimum absolute atomic E-state index is 0.131. The first-order chi connectivity index (χ1) is 9.81. The van der Waals surface area contributed by atoms with Gasteiger partial charge in [0, 0.05) is 48.5 Å². The maximum atomic E-state index is 5.62. The first kappa shape index (κ1) is 14.2. The molecule has 3 rings (SSSR count). The second-order valence-electron chi connectivity index (χ2n) is 5.07. The Bertz CT molecular complexity index is 530. The zero-order valence-corrected chi connectivity index (χ0v) is 13.2. The molecule has 1 unspecified atom stereocenters. The van der Waals surface area contributed by atoms with E-state index < -0.39 is 0 Å². The Morgan fingerprint density at radius 3 is 3.10 bits per heavy atom. The van der Waals surface area contributed by atoms with Crippen molar-refractivity contribution in [2.75, 3.05) is 26.9 Å². The van der Waals surface area contributed by atoms with Crippen molar-refractivity contribution in [2.45, 2.75) is 18.6 Å². The van der Waals surface area contributed by atoms with Crippen LogP contribution >= 0.6 is 22.7 Å². The van der Waals surface area contributed by atoms with E-state index in [9.17, 15) is 0 Å². The van der Waals surface area contributed by atoms with Gasteiger partial charge in [0.05, 0.1) is 6.61 Å². The molecule has 3 heterocycles. The molecule has 0 amide bonds. The summed E-state index contributed by atoms with van der Waals surface area (Å²) in [5.41, 5.74) is 1.20. The molecule has 5 heteroatoms. The Kier molecular flexibility index (Phi) is 4.53. The molecule has 1 atom stereocenters. The molecular formula is C15H19NO2S2. The van der Waals surface area contributed by atoms with Crippen LogP contribution in [0, 0.1) is 0 Å². The lowest BCUT2D eigenvalue weighted by molar-refractivity contribution is -0.0158. The van der Waals surface area contributed by atoms with Crippen LogP contribution in [0.25, 0.3) is 10.4 Å². The number of thiophene rings is 2. The lowest BCUT2D eigenvalue weighted by Crippen LogP contribution is -2.42. The summed E-state index contributed by atoms with van der Waals surface area (Å²) in [5, 5.41) is 7.85. The van der Waals surface area contributed by atoms with E-state index >= 15 is 0 Å². The highest BCUT2D eigenvalue weighted by Gasteiger charge is 2.34. The maximum Gasteiger partial charge on any atom is 0.106 e. The fourth-order valence-corrected chi connectivity index (χ4v) is 4.06. The lowest BCUT2D eigenvalue weighted by atomic mass is 10.0. The summed E-state index contributed by atoms with van der Waals surface area (Å²) in [7, 11) is 1.77. The third kappa shape index (κ3) is 3.13. The molecule has 0 aliphatic carbocycles. The van der Waals surface area contributed by atoms with Crippen molar-refractivity contribution in [1.29, 1.82) is 0 Å². The van der Waals surface area contributed by atoms with Crippen molar-refractivity contribution in [3.63, 3.8) is 0 Å². The van der Waals surface area contributed by atoms with E-state index in [0.29, 0.717) is 6.61 Å². The number of methoxy groups -OCH3 is 1. The molecule has 2 aromatic rings. The minimum Gasteiger partial charge on any atom is -0.378 e. The summed E-state index contributed by atoms with van der Waals surface area (Å²) in [6, 6.07) is 6.53. The number of hydrogen-bond acceptors (Lipinski definition) is 5. The molecule has 0 saturated carbocycles. The van der Waals surface area contributed by atoms with E-state index in [1.165, 1.54) is 15.3 Å². The van der Waals surface area contributed by atoms with Crippen LogP contribution in [-0.4, -0.2) is 32.5 Å². The van der Waals surface area contributed by atoms with Gasteiger partial charge in [-0.25, -0.2) is 0 Å². The van der Waals surface area contributed by atoms with Gasteiger partial charge in [-0.15, -0.1) is 22.7 Å². The second kappa shape index (κ2) is 6.37. The molecule has 0 spiro atoms. The van der Waals surface area contributed by atoms with Crippen molar-refractivity contribution in [2.24, 2.45) is 0 Å². The van der Waals surface area contributed by atoms with E-state index in [4.69, 9.17) is 9.47 Å². The van der Waals surface area contributed by atoms with Gasteiger partial charge in [0.2, 0.25) is 0 Å². The summed E-state index contributed by atoms with van der Waals surface area (Å²) in [6.07, 6.45) is 0.974. The van der Waals surface area contributed by atoms with Gasteiger partial charge >= 0.3 is 0 Å². The molecular weight excluding hydrogens is 290 g/mol. The van der Waals surface area contributed by atoms with Gasteiger partial charge in [0.15, 0.2) is 0 Å². The van der Waals surface area contributed by atoms with Crippen LogP contribution in [0.2, 0.25) is 0 Å². The Balaban J connectivity index is 1.54. The molecule has 3 nitrogen and oxygen atoms in total. The van der Waals surface area contributed by atoms with Crippen molar-refractivity contribution in [3.8, 4) is 10.4 Å². The van der Waals surface area contributed by atoms with Crippen molar-refractivity contribution >= 4 is 22.7 Å². The standard InChI is InChI=1S/C15H19NO2S2/c1-17-15(4-5-18-11-15)10-16-8-13-7-12(9-20-13)14-3-2-6-19-14/h2-3,6-7,9,16H,4-5,8,10-11H2,1H3. The maximum absolute atomic E-state index is 5.62. The van der Waals surface area contributed by atoms with Crippen molar-refractivity contribution in [3.05, 3.63) is 33.8 Å². The van der Waals surface area contributed by atoms with E-state index in [2.05, 4.69) is 34.3 Å². The Labute approximate surface area is 127 Å². The molecule has 1 aliphatic rings. The minimum atomic E-state index is -0.131. The third-order valence-electron chi connectivity index (χ3n) is 3.71. The van der Waals surface area contributed by atoms with Crippen molar-refractivity contribution in [1.82, 2.24) is 5.32 Å². The monoisotopic (exact) mass is 309 g/mol. The predicted molar refractivity (Wildman–Crippen MR) is 84.5 cm³/mol. The summed E-state index contributed by atoms with van der Waals surface area (Å²) in [5.74, 6) is 0. The molecule has 0 bridgehead atoms. The molecule has 0 aromatic carbocycles. The predicted octanol–water partition coefficient (Wildman–Crippen LogP) is 3.37. The fraction of sp³-hybridized carbons (Fsp3) is 0.467. The van der Waals surface area contributed by atoms with Crippen LogP contribution in [0.3, 0.4) is 0 Å². The first-order valence-corrected chi connectivity index (χ1v) is 8.52. The summed E-state index contributed by atoms with van der Waals surface area (Å²) in [6.45, 7) is 3.23. The summed E-state index contributed by atoms with van der Waals surface area (Å²) in [4.78, 5) is 2.70. The van der Waals surface area contributed by atoms with Gasteiger partial charge in [0.1, 0.15) is 5.60 Å². The highest BCUT2D eigenvalue weighted by Crippen LogP contribution is 2.29. The largest absolute Gasteiger partial charge is 0.378 e. The average molecular weight is 309 g/mol. The van der Waals surface area contributed by atoms with Gasteiger partial charge in [-0.3, -0.25) is 0 Å². The molecule has 1 N–H and O–H groups in total. The van der Waals surface area contributed by atoms with Crippen LogP contribution in [0.15, 0.2) is 29.0 Å². The van der Waals surface area contributed by atoms with Crippen LogP contribution < -0.4 is 5.32 Å². The number of nitrogens with one attached hydrogen (secondary N) is 1. The normalized spacial score (nSPS) is 22.4. The van der Waals surface area contributed by atoms with Crippen LogP contribution in [0.4, 0.5) is 0 Å². The Hall–Kier alpha value is -0.720. The topological polar surface area (TPSA) is 30.5 Å². The van der Waals surface area contributed by atoms with Crippen LogP contribution in [-0.2, 0) is 16.0 Å². The van der Waals surface area contributed by atoms with Gasteiger partial charge in [0.25, 0.3) is 0 Å². The Morgan fingerprint density at radius 2 is 2.40 bits per heavy atom. The third-order valence-corrected chi connectivity index (χ3v) is 5.56. The van der Waals surface area contributed by atoms with E-state index in [0.717, 1.165) is 26.1 Å². The molecule has 1 aliphatic heterocycles. The highest BCUT2D eigenvalue weighted by molar-refractivity contribution is 7.14. The van der Waals surface area contributed by atoms with Gasteiger partial charge in [-0.2, -0.15) is 0 Å². The highest BCUT2D eigenvalue weighted by atomic mass is 32.1. The van der Waals surface area contributed by atoms with Crippen molar-refractivity contribution < 1.29 is 9.47 Å². The lowest BCUT2D eigenvalue weighted by Gasteiger charge is -2.25. The molecule has 108 valence electrons. The van der Waals surface area contributed by atoms with Crippen LogP contribution in [0.5, 0.6) is 0 Å². The number of ether oxygens (including phenoxy) is 2. The van der Waals surface area contributed by atoms with E-state index in [1.807, 2.05) is 11.3 Å². The van der Waals surface area contributed by atoms with E-state index in [-0.39, 0.29) is 5.60 Å². The molecule has 1 saturated heterocycles. The molecule has 2 aromatic heterocycles. The number of rotatable bonds is 6. The molecule has 1 fully saturated rings. The van der Waals surface area contributed by atoms with Gasteiger partial charge in [-0.05, 0) is 22.9 Å². The molecule has 0 radical (unpaired) electrons. The van der Waals surface area contributed by atoms with Gasteiger partial charge in [-0.1, -0.05) is 6.07 Å². The smallest absolute Gasteiger partial charge is 0.106 e. The molecule has 20 heavy (non-hydrogen) atoms. The second-order valence-corrected chi connectivity index (χ2v) is 7.02. The average Bonchev–Trinajstić information content (AvgIpc) is 3.21. The zero-order valence-electron chi connectivity index (χ0n) is 11.6. The zero-order chi connectivity index (χ0) is 13.8. The fourth-order valence-electron chi connectivity index (χ4n) is 2.42. The summed E-state index contributed by atoms with van der Waals surface area (Å²) < 4.78 is 11.1. The SMILES string of the molecule is COC1(CNCc2cc(-c3cccs3)cs2)CCOC1. The Morgan fingerprint density at radius 1 is 1.45 bits per heavy atom. The first-order valence-electron chi connectivity index (χ1n) is 6.76. The quantitative estimate of drug-likeness (QED) is 0.887. The summed E-state index contributed by atoms with van der Waals surface area (Å²) >= 11 is 3.60. The van der Waals surface area contributed by atoms with E-state index in [1.54, 1.807) is 18.4 Å². The van der Waals surface area contributed by atoms with Crippen LogP contribution in [0.1, 0.15) is 11.3 Å². The number of hydrogen-bond donors (Lipinski definition) is 1.